The summed E-state index contributed by atoms with van der Waals surface area (Å²) < 4.78 is 5.29. The first kappa shape index (κ1) is 18.0. The second-order valence-electron chi connectivity index (χ2n) is 4.70. The number of quaternary nitrogens is 1. The molecular formula is C13H22ClNO4. The van der Waals surface area contributed by atoms with Gasteiger partial charge in [-0.3, -0.25) is 0 Å². The Kier molecular flexibility index (Phi) is 7.15. The van der Waals surface area contributed by atoms with Gasteiger partial charge in [-0.2, -0.15) is 0 Å². The summed E-state index contributed by atoms with van der Waals surface area (Å²) in [5.41, 5.74) is 2.26. The number of benzene rings is 1. The van der Waals surface area contributed by atoms with E-state index in [1.165, 1.54) is 0 Å². The molecule has 1 aromatic rings. The Morgan fingerprint density at radius 3 is 2.63 bits per heavy atom. The van der Waals surface area contributed by atoms with E-state index in [1.54, 1.807) is 19.2 Å². The average molecular weight is 292 g/mol. The molecule has 1 aromatic carbocycles. The van der Waals surface area contributed by atoms with Gasteiger partial charge < -0.3 is 38.1 Å². The molecule has 0 aliphatic carbocycles. The smallest absolute Gasteiger partial charge is 0.157 e. The number of fused-ring (bicyclic) bond motifs is 1. The second kappa shape index (κ2) is 7.55. The van der Waals surface area contributed by atoms with Crippen molar-refractivity contribution in [2.75, 3.05) is 13.7 Å². The molecule has 0 aromatic heterocycles. The van der Waals surface area contributed by atoms with Gasteiger partial charge in [-0.05, 0) is 24.6 Å². The van der Waals surface area contributed by atoms with Crippen LogP contribution < -0.4 is 17.7 Å². The Hall–Kier alpha value is -1.01. The molecule has 0 fully saturated rings. The topological polar surface area (TPSA) is 97.8 Å². The van der Waals surface area contributed by atoms with Gasteiger partial charge in [-0.1, -0.05) is 0 Å². The van der Waals surface area contributed by atoms with Crippen LogP contribution in [0.4, 0.5) is 0 Å². The van der Waals surface area contributed by atoms with E-state index in [1.807, 2.05) is 6.92 Å². The van der Waals surface area contributed by atoms with Crippen LogP contribution in [0.15, 0.2) is 12.1 Å². The summed E-state index contributed by atoms with van der Waals surface area (Å²) >= 11 is 0. The van der Waals surface area contributed by atoms with Crippen molar-refractivity contribution in [2.45, 2.75) is 31.9 Å². The van der Waals surface area contributed by atoms with Crippen molar-refractivity contribution in [2.24, 2.45) is 0 Å². The second-order valence-corrected chi connectivity index (χ2v) is 4.70. The van der Waals surface area contributed by atoms with Crippen molar-refractivity contribution >= 4 is 0 Å². The molecule has 1 aliphatic heterocycles. The normalized spacial score (nSPS) is 18.7. The molecule has 1 aliphatic rings. The van der Waals surface area contributed by atoms with Gasteiger partial charge in [0.1, 0.15) is 6.04 Å². The Balaban J connectivity index is 0.00000162. The molecule has 6 heteroatoms. The number of phenols is 2. The molecular weight excluding hydrogens is 270 g/mol. The standard InChI is InChI=1S/C13H19NO3.ClH.H2O/c1-8(17-2)5-11-10-7-13(16)12(15)6-9(10)3-4-14-11;;/h6-8,11,14-16H,3-5H2,1-2H3;1H;1H2/t8-,11-;;/m1../s1. The lowest BCUT2D eigenvalue weighted by Gasteiger charge is -2.26. The van der Waals surface area contributed by atoms with Crippen molar-refractivity contribution in [3.63, 3.8) is 0 Å². The molecule has 110 valence electrons. The number of halogens is 1. The monoisotopic (exact) mass is 291 g/mol. The van der Waals surface area contributed by atoms with Gasteiger partial charge in [0, 0.05) is 25.5 Å². The van der Waals surface area contributed by atoms with Crippen LogP contribution in [-0.4, -0.2) is 35.4 Å². The van der Waals surface area contributed by atoms with Gasteiger partial charge >= 0.3 is 0 Å². The molecule has 0 radical (unpaired) electrons. The number of phenolic OH excluding ortho intramolecular Hbond substituents is 2. The van der Waals surface area contributed by atoms with E-state index in [0.29, 0.717) is 6.04 Å². The minimum Gasteiger partial charge on any atom is -1.00 e. The first-order chi connectivity index (χ1) is 8.11. The maximum atomic E-state index is 9.59. The minimum atomic E-state index is -0.0332. The summed E-state index contributed by atoms with van der Waals surface area (Å²) in [6.07, 6.45) is 2.03. The molecule has 6 N–H and O–H groups in total. The predicted octanol–water partition coefficient (Wildman–Crippen LogP) is -3.14. The van der Waals surface area contributed by atoms with E-state index < -0.39 is 0 Å². The number of aromatic hydroxyl groups is 2. The average Bonchev–Trinajstić information content (AvgIpc) is 2.31. The third-order valence-corrected chi connectivity index (χ3v) is 3.49. The molecule has 5 nitrogen and oxygen atoms in total. The number of rotatable bonds is 3. The Morgan fingerprint density at radius 2 is 2.00 bits per heavy atom. The number of methoxy groups -OCH3 is 1. The fourth-order valence-corrected chi connectivity index (χ4v) is 2.44. The van der Waals surface area contributed by atoms with E-state index in [2.05, 4.69) is 5.32 Å². The van der Waals surface area contributed by atoms with Crippen molar-refractivity contribution in [1.29, 1.82) is 0 Å². The quantitative estimate of drug-likeness (QED) is 0.514. The van der Waals surface area contributed by atoms with Crippen LogP contribution in [0.1, 0.15) is 30.5 Å². The molecule has 0 saturated carbocycles. The van der Waals surface area contributed by atoms with Crippen LogP contribution in [0.5, 0.6) is 11.5 Å². The molecule has 1 heterocycles. The summed E-state index contributed by atoms with van der Waals surface area (Å²) in [4.78, 5) is 0. The van der Waals surface area contributed by atoms with Gasteiger partial charge in [0.05, 0.1) is 12.6 Å². The molecule has 0 bridgehead atoms. The van der Waals surface area contributed by atoms with E-state index in [0.717, 1.165) is 30.5 Å². The minimum absolute atomic E-state index is 0. The zero-order valence-electron chi connectivity index (χ0n) is 11.2. The van der Waals surface area contributed by atoms with Crippen LogP contribution in [0.2, 0.25) is 0 Å². The number of hydrogen-bond acceptors (Lipinski definition) is 3. The first-order valence-corrected chi connectivity index (χ1v) is 6.02. The van der Waals surface area contributed by atoms with Gasteiger partial charge in [0.15, 0.2) is 11.5 Å². The molecule has 0 unspecified atom stereocenters. The zero-order valence-corrected chi connectivity index (χ0v) is 11.9. The fraction of sp³-hybridized carbons (Fsp3) is 0.538. The molecule has 0 saturated heterocycles. The molecule has 0 spiro atoms. The van der Waals surface area contributed by atoms with E-state index in [4.69, 9.17) is 4.74 Å². The van der Waals surface area contributed by atoms with Crippen LogP contribution in [0, 0.1) is 0 Å². The lowest BCUT2D eigenvalue weighted by Crippen LogP contribution is -3.00. The van der Waals surface area contributed by atoms with Crippen molar-refractivity contribution in [1.82, 2.24) is 0 Å². The van der Waals surface area contributed by atoms with Gasteiger partial charge in [-0.25, -0.2) is 0 Å². The van der Waals surface area contributed by atoms with Crippen molar-refractivity contribution < 1.29 is 38.1 Å². The molecule has 2 atom stereocenters. The summed E-state index contributed by atoms with van der Waals surface area (Å²) in [7, 11) is 1.71. The highest BCUT2D eigenvalue weighted by Gasteiger charge is 2.26. The number of nitrogens with two attached hydrogens (primary N) is 1. The van der Waals surface area contributed by atoms with E-state index in [9.17, 15) is 10.2 Å². The molecule has 0 amide bonds. The zero-order chi connectivity index (χ0) is 12.4. The lowest BCUT2D eigenvalue weighted by molar-refractivity contribution is -0.700. The van der Waals surface area contributed by atoms with Crippen LogP contribution in [0.3, 0.4) is 0 Å². The fourth-order valence-electron chi connectivity index (χ4n) is 2.44. The summed E-state index contributed by atoms with van der Waals surface area (Å²) in [6, 6.07) is 3.68. The van der Waals surface area contributed by atoms with E-state index >= 15 is 0 Å². The van der Waals surface area contributed by atoms with Crippen molar-refractivity contribution in [3.8, 4) is 11.5 Å². The summed E-state index contributed by atoms with van der Waals surface area (Å²) in [5, 5.41) is 21.4. The summed E-state index contributed by atoms with van der Waals surface area (Å²) in [5.74, 6) is -0.0571. The van der Waals surface area contributed by atoms with Gasteiger partial charge in [0.2, 0.25) is 0 Å². The first-order valence-electron chi connectivity index (χ1n) is 6.02. The molecule has 19 heavy (non-hydrogen) atoms. The Morgan fingerprint density at radius 1 is 1.37 bits per heavy atom. The number of hydrogen-bond donors (Lipinski definition) is 3. The highest BCUT2D eigenvalue weighted by atomic mass is 35.5. The maximum absolute atomic E-state index is 9.59. The summed E-state index contributed by atoms with van der Waals surface area (Å²) in [6.45, 7) is 3.06. The largest absolute Gasteiger partial charge is 1.00 e. The van der Waals surface area contributed by atoms with Crippen LogP contribution >= 0.6 is 0 Å². The van der Waals surface area contributed by atoms with Gasteiger partial charge in [0.25, 0.3) is 0 Å². The van der Waals surface area contributed by atoms with Crippen LogP contribution in [-0.2, 0) is 11.2 Å². The highest BCUT2D eigenvalue weighted by Crippen LogP contribution is 2.33. The maximum Gasteiger partial charge on any atom is 0.157 e. The lowest BCUT2D eigenvalue weighted by atomic mass is 9.90. The third kappa shape index (κ3) is 3.98. The third-order valence-electron chi connectivity index (χ3n) is 3.49. The molecule has 2 rings (SSSR count). The number of ether oxygens (including phenoxy) is 1. The highest BCUT2D eigenvalue weighted by molar-refractivity contribution is 5.46. The Labute approximate surface area is 119 Å². The van der Waals surface area contributed by atoms with E-state index in [-0.39, 0.29) is 35.5 Å². The van der Waals surface area contributed by atoms with Gasteiger partial charge in [-0.15, -0.1) is 0 Å². The van der Waals surface area contributed by atoms with Crippen molar-refractivity contribution in [3.05, 3.63) is 23.3 Å². The SMILES string of the molecule is CO[C@H](C)C[C@H]1[NH2+]CCc2cc(O)c(O)cc21.O.[Cl-]. The van der Waals surface area contributed by atoms with Crippen LogP contribution in [0.25, 0.3) is 0 Å². The predicted molar refractivity (Wildman–Crippen MR) is 67.7 cm³/mol. The Bertz CT molecular complexity index is 414.